The molecule has 5 nitrogen and oxygen atoms in total. The van der Waals surface area contributed by atoms with Gasteiger partial charge in [-0.15, -0.1) is 11.3 Å². The number of halogens is 3. The van der Waals surface area contributed by atoms with Crippen LogP contribution >= 0.6 is 11.3 Å². The Morgan fingerprint density at radius 2 is 1.88 bits per heavy atom. The van der Waals surface area contributed by atoms with Crippen molar-refractivity contribution in [3.63, 3.8) is 0 Å². The maximum Gasteiger partial charge on any atom is 0.435 e. The lowest BCUT2D eigenvalue weighted by Gasteiger charge is -2.29. The fourth-order valence-electron chi connectivity index (χ4n) is 4.06. The van der Waals surface area contributed by atoms with Gasteiger partial charge in [0.2, 0.25) is 0 Å². The van der Waals surface area contributed by atoms with E-state index in [9.17, 15) is 18.0 Å². The predicted molar refractivity (Wildman–Crippen MR) is 128 cm³/mol. The lowest BCUT2D eigenvalue weighted by atomic mass is 10.1. The van der Waals surface area contributed by atoms with E-state index in [0.717, 1.165) is 24.3 Å². The average Bonchev–Trinajstić information content (AvgIpc) is 3.31. The predicted octanol–water partition coefficient (Wildman–Crippen LogP) is 5.80. The molecule has 1 N–H and O–H groups in total. The number of hydrogen-bond donors (Lipinski definition) is 1. The summed E-state index contributed by atoms with van der Waals surface area (Å²) >= 11 is 0.715. The van der Waals surface area contributed by atoms with Crippen LogP contribution in [0.25, 0.3) is 10.6 Å². The molecule has 1 aliphatic rings. The highest BCUT2D eigenvalue weighted by Crippen LogP contribution is 2.40. The number of carbonyl (C=O) groups excluding carboxylic acids is 1. The van der Waals surface area contributed by atoms with Gasteiger partial charge in [0.05, 0.1) is 12.7 Å². The molecule has 1 amide bonds. The Morgan fingerprint density at radius 1 is 1.12 bits per heavy atom. The van der Waals surface area contributed by atoms with Gasteiger partial charge in [0, 0.05) is 25.3 Å². The SMILES string of the molecule is COc1ccccc1-c1nc(C(F)(F)F)c(C(=O)NCCc2cccc(N3CCCCC3)c2)s1. The normalized spacial score (nSPS) is 14.2. The second-order valence-electron chi connectivity index (χ2n) is 8.12. The van der Waals surface area contributed by atoms with Crippen LogP contribution in [0.2, 0.25) is 0 Å². The zero-order chi connectivity index (χ0) is 24.1. The molecule has 1 aromatic heterocycles. The van der Waals surface area contributed by atoms with E-state index in [0.29, 0.717) is 29.1 Å². The largest absolute Gasteiger partial charge is 0.496 e. The number of rotatable bonds is 7. The Bertz CT molecular complexity index is 1140. The van der Waals surface area contributed by atoms with E-state index < -0.39 is 22.7 Å². The quantitative estimate of drug-likeness (QED) is 0.456. The molecule has 1 saturated heterocycles. The van der Waals surface area contributed by atoms with Gasteiger partial charge in [0.25, 0.3) is 5.91 Å². The molecule has 2 heterocycles. The maximum absolute atomic E-state index is 13.7. The molecule has 180 valence electrons. The molecule has 0 spiro atoms. The molecular weight excluding hydrogens is 463 g/mol. The van der Waals surface area contributed by atoms with Crippen molar-refractivity contribution in [2.45, 2.75) is 31.9 Å². The fourth-order valence-corrected chi connectivity index (χ4v) is 5.10. The number of methoxy groups -OCH3 is 1. The number of carbonyl (C=O) groups is 1. The smallest absolute Gasteiger partial charge is 0.435 e. The van der Waals surface area contributed by atoms with Crippen LogP contribution in [0.15, 0.2) is 48.5 Å². The number of alkyl halides is 3. The second kappa shape index (κ2) is 10.5. The van der Waals surface area contributed by atoms with E-state index in [1.165, 1.54) is 26.4 Å². The number of anilines is 1. The zero-order valence-corrected chi connectivity index (χ0v) is 19.6. The first kappa shape index (κ1) is 24.1. The lowest BCUT2D eigenvalue weighted by Crippen LogP contribution is -2.29. The minimum absolute atomic E-state index is 0.0872. The van der Waals surface area contributed by atoms with Crippen LogP contribution in [-0.4, -0.2) is 37.6 Å². The van der Waals surface area contributed by atoms with Crippen LogP contribution in [0.1, 0.15) is 40.2 Å². The van der Waals surface area contributed by atoms with Crippen molar-refractivity contribution in [2.75, 3.05) is 31.6 Å². The number of aromatic nitrogens is 1. The Hall–Kier alpha value is -3.07. The summed E-state index contributed by atoms with van der Waals surface area (Å²) in [6.45, 7) is 2.28. The van der Waals surface area contributed by atoms with E-state index in [2.05, 4.69) is 27.3 Å². The number of benzene rings is 2. The van der Waals surface area contributed by atoms with Gasteiger partial charge in [-0.1, -0.05) is 24.3 Å². The number of ether oxygens (including phenoxy) is 1. The van der Waals surface area contributed by atoms with Crippen LogP contribution < -0.4 is 15.0 Å². The van der Waals surface area contributed by atoms with Gasteiger partial charge in [0.15, 0.2) is 5.69 Å². The van der Waals surface area contributed by atoms with E-state index in [1.54, 1.807) is 24.3 Å². The van der Waals surface area contributed by atoms with E-state index >= 15 is 0 Å². The van der Waals surface area contributed by atoms with Gasteiger partial charge >= 0.3 is 6.18 Å². The van der Waals surface area contributed by atoms with Crippen molar-refractivity contribution >= 4 is 22.9 Å². The van der Waals surface area contributed by atoms with Crippen LogP contribution in [0, 0.1) is 0 Å². The first-order valence-corrected chi connectivity index (χ1v) is 12.0. The summed E-state index contributed by atoms with van der Waals surface area (Å²) in [7, 11) is 1.44. The molecule has 0 saturated carbocycles. The summed E-state index contributed by atoms with van der Waals surface area (Å²) in [6, 6.07) is 14.8. The monoisotopic (exact) mass is 489 g/mol. The fraction of sp³-hybridized carbons (Fsp3) is 0.360. The molecular formula is C25H26F3N3O2S. The number of nitrogens with zero attached hydrogens (tertiary/aromatic N) is 2. The average molecular weight is 490 g/mol. The highest BCUT2D eigenvalue weighted by Gasteiger charge is 2.40. The molecule has 0 aliphatic carbocycles. The van der Waals surface area contributed by atoms with Crippen LogP contribution in [-0.2, 0) is 12.6 Å². The van der Waals surface area contributed by atoms with Gasteiger partial charge in [0.1, 0.15) is 15.6 Å². The van der Waals surface area contributed by atoms with Crippen LogP contribution in [0.3, 0.4) is 0 Å². The van der Waals surface area contributed by atoms with E-state index in [4.69, 9.17) is 4.74 Å². The van der Waals surface area contributed by atoms with E-state index in [-0.39, 0.29) is 11.6 Å². The molecule has 0 atom stereocenters. The highest BCUT2D eigenvalue weighted by atomic mass is 32.1. The summed E-state index contributed by atoms with van der Waals surface area (Å²) in [5, 5.41) is 2.73. The van der Waals surface area contributed by atoms with Crippen LogP contribution in [0.5, 0.6) is 5.75 Å². The first-order valence-electron chi connectivity index (χ1n) is 11.2. The lowest BCUT2D eigenvalue weighted by molar-refractivity contribution is -0.141. The third-order valence-electron chi connectivity index (χ3n) is 5.77. The molecule has 4 rings (SSSR count). The van der Waals surface area contributed by atoms with Crippen molar-refractivity contribution in [1.29, 1.82) is 0 Å². The maximum atomic E-state index is 13.7. The second-order valence-corrected chi connectivity index (χ2v) is 9.12. The number of amides is 1. The van der Waals surface area contributed by atoms with Crippen molar-refractivity contribution in [1.82, 2.24) is 10.3 Å². The Balaban J connectivity index is 1.47. The standard InChI is InChI=1S/C25H26F3N3O2S/c1-33-20-11-4-3-10-19(20)24-30-22(25(26,27)28)21(34-24)23(32)29-13-12-17-8-7-9-18(16-17)31-14-5-2-6-15-31/h3-4,7-11,16H,2,5-6,12-15H2,1H3,(H,29,32). The minimum Gasteiger partial charge on any atom is -0.496 e. The Kier molecular flexibility index (Phi) is 7.41. The van der Waals surface area contributed by atoms with E-state index in [1.807, 2.05) is 12.1 Å². The van der Waals surface area contributed by atoms with Crippen molar-refractivity contribution < 1.29 is 22.7 Å². The summed E-state index contributed by atoms with van der Waals surface area (Å²) in [5.41, 5.74) is 1.40. The van der Waals surface area contributed by atoms with Gasteiger partial charge in [-0.2, -0.15) is 13.2 Å². The molecule has 3 aromatic rings. The number of nitrogens with one attached hydrogen (secondary N) is 1. The van der Waals surface area contributed by atoms with Crippen molar-refractivity contribution in [3.05, 3.63) is 64.7 Å². The van der Waals surface area contributed by atoms with Gasteiger partial charge in [-0.25, -0.2) is 4.98 Å². The Morgan fingerprint density at radius 3 is 2.62 bits per heavy atom. The topological polar surface area (TPSA) is 54.5 Å². The van der Waals surface area contributed by atoms with Gasteiger partial charge in [-0.05, 0) is 55.5 Å². The molecule has 34 heavy (non-hydrogen) atoms. The third kappa shape index (κ3) is 5.52. The zero-order valence-electron chi connectivity index (χ0n) is 18.8. The third-order valence-corrected chi connectivity index (χ3v) is 6.86. The molecule has 0 bridgehead atoms. The summed E-state index contributed by atoms with van der Waals surface area (Å²) in [4.78, 5) is 18.4. The highest BCUT2D eigenvalue weighted by molar-refractivity contribution is 7.17. The van der Waals surface area contributed by atoms with Crippen molar-refractivity contribution in [2.24, 2.45) is 0 Å². The number of para-hydroxylation sites is 1. The number of thiazole rings is 1. The van der Waals surface area contributed by atoms with Gasteiger partial charge in [-0.3, -0.25) is 4.79 Å². The molecule has 2 aromatic carbocycles. The molecule has 1 aliphatic heterocycles. The minimum atomic E-state index is -4.74. The van der Waals surface area contributed by atoms with Crippen molar-refractivity contribution in [3.8, 4) is 16.3 Å². The summed E-state index contributed by atoms with van der Waals surface area (Å²) in [5.74, 6) is -0.385. The molecule has 0 radical (unpaired) electrons. The first-order chi connectivity index (χ1) is 16.4. The summed E-state index contributed by atoms with van der Waals surface area (Å²) in [6.07, 6.45) is -0.626. The summed E-state index contributed by atoms with van der Waals surface area (Å²) < 4.78 is 46.2. The molecule has 1 fully saturated rings. The number of hydrogen-bond acceptors (Lipinski definition) is 5. The Labute approximate surface area is 200 Å². The van der Waals surface area contributed by atoms with Crippen LogP contribution in [0.4, 0.5) is 18.9 Å². The molecule has 9 heteroatoms. The van der Waals surface area contributed by atoms with Gasteiger partial charge < -0.3 is 15.0 Å². The number of piperidine rings is 1. The molecule has 0 unspecified atom stereocenters.